The van der Waals surface area contributed by atoms with Gasteiger partial charge >= 0.3 is 0 Å². The normalized spacial score (nSPS) is 14.0. The Labute approximate surface area is 336 Å². The summed E-state index contributed by atoms with van der Waals surface area (Å²) in [4.78, 5) is 2.54. The molecule has 2 aliphatic heterocycles. The van der Waals surface area contributed by atoms with Gasteiger partial charge in [0.2, 0.25) is 0 Å². The predicted octanol–water partition coefficient (Wildman–Crippen LogP) is 12.7. The first-order chi connectivity index (χ1) is 27.2. The zero-order chi connectivity index (χ0) is 39.3. The largest absolute Gasteiger partial charge is 0.311 e. The van der Waals surface area contributed by atoms with E-state index in [4.69, 9.17) is 0 Å². The average molecular weight is 737 g/mol. The van der Waals surface area contributed by atoms with Crippen molar-refractivity contribution in [3.8, 4) is 5.69 Å². The van der Waals surface area contributed by atoms with Crippen LogP contribution in [0.4, 0.5) is 17.1 Å². The van der Waals surface area contributed by atoms with E-state index in [0.717, 1.165) is 0 Å². The molecular weight excluding hydrogens is 687 g/mol. The van der Waals surface area contributed by atoms with Gasteiger partial charge in [-0.1, -0.05) is 159 Å². The summed E-state index contributed by atoms with van der Waals surface area (Å²) in [7, 11) is 0. The molecule has 0 radical (unpaired) electrons. The summed E-state index contributed by atoms with van der Waals surface area (Å²) in [5, 5.41) is 10.6. The topological polar surface area (TPSA) is 8.17 Å². The lowest BCUT2D eigenvalue weighted by molar-refractivity contribution is 0.590. The summed E-state index contributed by atoms with van der Waals surface area (Å²) in [6, 6.07) is 51.7. The number of fused-ring (bicyclic) bond motifs is 14. The third-order valence-electron chi connectivity index (χ3n) is 13.2. The van der Waals surface area contributed by atoms with Crippen LogP contribution in [0.15, 0.2) is 133 Å². The van der Waals surface area contributed by atoms with Gasteiger partial charge in [0.1, 0.15) is 0 Å². The van der Waals surface area contributed by atoms with E-state index in [1.54, 1.807) is 0 Å². The zero-order valence-corrected chi connectivity index (χ0v) is 34.7. The minimum Gasteiger partial charge on any atom is -0.311 e. The molecule has 11 rings (SSSR count). The molecule has 0 fully saturated rings. The second-order valence-electron chi connectivity index (χ2n) is 19.8. The summed E-state index contributed by atoms with van der Waals surface area (Å²) in [5.74, 6) is 0. The van der Waals surface area contributed by atoms with Gasteiger partial charge in [-0.25, -0.2) is 0 Å². The second kappa shape index (κ2) is 11.4. The number of rotatable bonds is 1. The molecule has 0 N–H and O–H groups in total. The fourth-order valence-electron chi connectivity index (χ4n) is 10.2. The van der Waals surface area contributed by atoms with Crippen LogP contribution in [0.3, 0.4) is 0 Å². The highest BCUT2D eigenvalue weighted by Gasteiger charge is 2.43. The minimum atomic E-state index is -0.00520. The standard InChI is InChI=1S/C54H49BN2/c1-52(2,3)32-21-25-35(26-22-32)56-44-28-24-33(53(4,5)6)29-42(44)55-43-31-41-38-17-11-10-15-36(38)37-16-12-13-18-39(37)48(41)49-40-27-23-34(54(7,8)9)30-47(40)57(51(43)49)46-20-14-19-45(56)50(46)55/h10-31H,1-9H3. The Hall–Kier alpha value is -5.80. The molecule has 0 saturated heterocycles. The van der Waals surface area contributed by atoms with Crippen molar-refractivity contribution in [2.45, 2.75) is 78.6 Å². The van der Waals surface area contributed by atoms with E-state index in [9.17, 15) is 0 Å². The molecule has 0 aliphatic carbocycles. The molecule has 2 nitrogen and oxygen atoms in total. The molecule has 0 spiro atoms. The smallest absolute Gasteiger partial charge is 0.252 e. The molecule has 57 heavy (non-hydrogen) atoms. The van der Waals surface area contributed by atoms with Crippen LogP contribution in [0.5, 0.6) is 0 Å². The number of benzene rings is 8. The molecule has 0 bridgehead atoms. The number of hydrogen-bond donors (Lipinski definition) is 0. The van der Waals surface area contributed by atoms with Gasteiger partial charge < -0.3 is 9.47 Å². The summed E-state index contributed by atoms with van der Waals surface area (Å²) < 4.78 is 2.65. The van der Waals surface area contributed by atoms with Crippen molar-refractivity contribution in [2.24, 2.45) is 0 Å². The number of aromatic nitrogens is 1. The maximum absolute atomic E-state index is 2.65. The van der Waals surface area contributed by atoms with E-state index in [2.05, 4.69) is 205 Å². The summed E-state index contributed by atoms with van der Waals surface area (Å²) >= 11 is 0. The molecule has 0 atom stereocenters. The highest BCUT2D eigenvalue weighted by atomic mass is 15.2. The maximum Gasteiger partial charge on any atom is 0.252 e. The Balaban J connectivity index is 1.35. The summed E-state index contributed by atoms with van der Waals surface area (Å²) in [5.41, 5.74) is 15.9. The lowest BCUT2D eigenvalue weighted by atomic mass is 9.33. The van der Waals surface area contributed by atoms with Gasteiger partial charge in [-0.05, 0) is 113 Å². The number of hydrogen-bond acceptors (Lipinski definition) is 1. The predicted molar refractivity (Wildman–Crippen MR) is 249 cm³/mol. The molecule has 0 unspecified atom stereocenters. The van der Waals surface area contributed by atoms with Gasteiger partial charge in [-0.15, -0.1) is 0 Å². The molecule has 2 aliphatic rings. The van der Waals surface area contributed by atoms with Crippen LogP contribution < -0.4 is 21.3 Å². The van der Waals surface area contributed by atoms with Crippen LogP contribution in [0.25, 0.3) is 59.8 Å². The summed E-state index contributed by atoms with van der Waals surface area (Å²) in [6.45, 7) is 21.0. The number of anilines is 3. The van der Waals surface area contributed by atoms with E-state index in [-0.39, 0.29) is 23.0 Å². The Morgan fingerprint density at radius 3 is 1.63 bits per heavy atom. The lowest BCUT2D eigenvalue weighted by Crippen LogP contribution is -2.60. The van der Waals surface area contributed by atoms with Gasteiger partial charge in [-0.3, -0.25) is 0 Å². The van der Waals surface area contributed by atoms with Gasteiger partial charge in [0.25, 0.3) is 6.71 Å². The molecule has 1 aromatic heterocycles. The monoisotopic (exact) mass is 736 g/mol. The molecule has 3 heteroatoms. The van der Waals surface area contributed by atoms with Crippen LogP contribution in [-0.4, -0.2) is 11.3 Å². The minimum absolute atomic E-state index is 0.00432. The van der Waals surface area contributed by atoms with E-state index in [0.29, 0.717) is 0 Å². The van der Waals surface area contributed by atoms with Crippen LogP contribution in [0, 0.1) is 0 Å². The molecule has 278 valence electrons. The Kier molecular flexibility index (Phi) is 6.90. The highest BCUT2D eigenvalue weighted by molar-refractivity contribution is 7.00. The van der Waals surface area contributed by atoms with Gasteiger partial charge in [0.05, 0.1) is 11.0 Å². The van der Waals surface area contributed by atoms with Crippen molar-refractivity contribution in [1.82, 2.24) is 4.57 Å². The van der Waals surface area contributed by atoms with Gasteiger partial charge in [0.15, 0.2) is 0 Å². The lowest BCUT2D eigenvalue weighted by Gasteiger charge is -2.41. The van der Waals surface area contributed by atoms with Crippen molar-refractivity contribution in [3.63, 3.8) is 0 Å². The molecule has 9 aromatic rings. The average Bonchev–Trinajstić information content (AvgIpc) is 3.53. The quantitative estimate of drug-likeness (QED) is 0.120. The first kappa shape index (κ1) is 34.5. The molecule has 0 amide bonds. The third-order valence-corrected chi connectivity index (χ3v) is 13.2. The molecular formula is C54H49BN2. The fraction of sp³-hybridized carbons (Fsp3) is 0.222. The van der Waals surface area contributed by atoms with Gasteiger partial charge in [0, 0.05) is 38.9 Å². The zero-order valence-electron chi connectivity index (χ0n) is 34.7. The van der Waals surface area contributed by atoms with Crippen molar-refractivity contribution in [2.75, 3.05) is 4.90 Å². The highest BCUT2D eigenvalue weighted by Crippen LogP contribution is 2.47. The van der Waals surface area contributed by atoms with E-state index in [1.807, 2.05) is 0 Å². The first-order valence-corrected chi connectivity index (χ1v) is 20.7. The van der Waals surface area contributed by atoms with E-state index in [1.165, 1.54) is 110 Å². The second-order valence-corrected chi connectivity index (χ2v) is 19.8. The Bertz CT molecular complexity index is 3180. The number of nitrogens with zero attached hydrogens (tertiary/aromatic N) is 2. The molecule has 0 saturated carbocycles. The Morgan fingerprint density at radius 1 is 0.404 bits per heavy atom. The van der Waals surface area contributed by atoms with Crippen molar-refractivity contribution < 1.29 is 0 Å². The van der Waals surface area contributed by atoms with Crippen molar-refractivity contribution >= 4 is 94.3 Å². The van der Waals surface area contributed by atoms with E-state index >= 15 is 0 Å². The summed E-state index contributed by atoms with van der Waals surface area (Å²) in [6.07, 6.45) is 0. The van der Waals surface area contributed by atoms with Crippen LogP contribution in [0.1, 0.15) is 79.0 Å². The van der Waals surface area contributed by atoms with Gasteiger partial charge in [-0.2, -0.15) is 0 Å². The molecule has 8 aromatic carbocycles. The van der Waals surface area contributed by atoms with Crippen LogP contribution >= 0.6 is 0 Å². The Morgan fingerprint density at radius 2 is 0.965 bits per heavy atom. The molecule has 3 heterocycles. The van der Waals surface area contributed by atoms with Crippen molar-refractivity contribution in [1.29, 1.82) is 0 Å². The van der Waals surface area contributed by atoms with Crippen molar-refractivity contribution in [3.05, 3.63) is 150 Å². The van der Waals surface area contributed by atoms with Crippen LogP contribution in [0.2, 0.25) is 0 Å². The van der Waals surface area contributed by atoms with E-state index < -0.39 is 0 Å². The fourth-order valence-corrected chi connectivity index (χ4v) is 10.2. The SMILES string of the molecule is CC(C)(C)c1ccc(N2c3ccc(C(C)(C)C)cc3B3c4c2cccc4-n2c4cc(C(C)(C)C)ccc4c4c5c6ccccc6c6ccccc6c5cc3c42)cc1. The first-order valence-electron chi connectivity index (χ1n) is 20.7. The maximum atomic E-state index is 2.65. The third kappa shape index (κ3) is 4.78. The van der Waals surface area contributed by atoms with Crippen LogP contribution in [-0.2, 0) is 16.2 Å².